The quantitative estimate of drug-likeness (QED) is 0.684. The maximum atomic E-state index is 13.6. The molecular weight excluding hydrogens is 229 g/mol. The van der Waals surface area contributed by atoms with E-state index in [1.54, 1.807) is 20.8 Å². The molecule has 4 atom stereocenters. The third-order valence-electron chi connectivity index (χ3n) is 2.91. The van der Waals surface area contributed by atoms with Crippen molar-refractivity contribution in [3.05, 3.63) is 0 Å². The molecule has 2 aliphatic rings. The molecule has 0 saturated carbocycles. The Hall–Kier alpha value is -0.880. The molecule has 0 aromatic carbocycles. The van der Waals surface area contributed by atoms with Crippen molar-refractivity contribution in [1.29, 1.82) is 0 Å². The molecule has 0 unspecified atom stereocenters. The molecule has 1 N–H and O–H groups in total. The number of aliphatic hydroxyl groups excluding tert-OH is 1. The average molecular weight is 247 g/mol. The second-order valence-corrected chi connectivity index (χ2v) is 5.50. The first-order chi connectivity index (χ1) is 7.79. The summed E-state index contributed by atoms with van der Waals surface area (Å²) in [6.45, 7) is 5.21. The van der Waals surface area contributed by atoms with Crippen LogP contribution in [0.2, 0.25) is 0 Å². The van der Waals surface area contributed by atoms with Gasteiger partial charge in [0, 0.05) is 0 Å². The van der Waals surface area contributed by atoms with Crippen molar-refractivity contribution in [1.82, 2.24) is 4.90 Å². The summed E-state index contributed by atoms with van der Waals surface area (Å²) in [5, 5.41) is 9.69. The van der Waals surface area contributed by atoms with Gasteiger partial charge in [-0.2, -0.15) is 0 Å². The minimum atomic E-state index is -1.26. The number of aliphatic hydroxyl groups is 1. The monoisotopic (exact) mass is 247 g/mol. The fraction of sp³-hybridized carbons (Fsp3) is 0.909. The molecule has 2 rings (SSSR count). The Balaban J connectivity index is 2.08. The molecule has 5 nitrogen and oxygen atoms in total. The van der Waals surface area contributed by atoms with Gasteiger partial charge >= 0.3 is 6.09 Å². The lowest BCUT2D eigenvalue weighted by molar-refractivity contribution is 0.00976. The van der Waals surface area contributed by atoms with Crippen molar-refractivity contribution in [3.8, 4) is 0 Å². The Morgan fingerprint density at radius 2 is 2.18 bits per heavy atom. The third kappa shape index (κ3) is 2.37. The number of fused-ring (bicyclic) bond motifs is 1. The number of nitrogens with zero attached hydrogens (tertiary/aromatic N) is 1. The molecule has 2 saturated heterocycles. The lowest BCUT2D eigenvalue weighted by Gasteiger charge is -2.28. The van der Waals surface area contributed by atoms with E-state index < -0.39 is 36.1 Å². The van der Waals surface area contributed by atoms with E-state index in [0.29, 0.717) is 0 Å². The largest absolute Gasteiger partial charge is 0.444 e. The van der Waals surface area contributed by atoms with Crippen LogP contribution in [0.4, 0.5) is 9.18 Å². The Morgan fingerprint density at radius 3 is 2.76 bits per heavy atom. The van der Waals surface area contributed by atoms with Crippen LogP contribution in [-0.4, -0.2) is 59.3 Å². The van der Waals surface area contributed by atoms with Crippen molar-refractivity contribution < 1.29 is 23.8 Å². The first-order valence-electron chi connectivity index (χ1n) is 5.73. The number of amides is 1. The Kier molecular flexibility index (Phi) is 3.03. The van der Waals surface area contributed by atoms with Crippen molar-refractivity contribution in [2.24, 2.45) is 0 Å². The summed E-state index contributed by atoms with van der Waals surface area (Å²) in [6.07, 6.45) is -3.42. The van der Waals surface area contributed by atoms with Crippen LogP contribution in [0.25, 0.3) is 0 Å². The van der Waals surface area contributed by atoms with E-state index in [-0.39, 0.29) is 13.2 Å². The summed E-state index contributed by atoms with van der Waals surface area (Å²) in [4.78, 5) is 13.1. The molecule has 2 heterocycles. The van der Waals surface area contributed by atoms with E-state index in [0.717, 1.165) is 0 Å². The van der Waals surface area contributed by atoms with Gasteiger partial charge in [-0.1, -0.05) is 0 Å². The Bertz CT molecular complexity index is 317. The highest BCUT2D eigenvalue weighted by Gasteiger charge is 2.53. The predicted molar refractivity (Wildman–Crippen MR) is 57.4 cm³/mol. The van der Waals surface area contributed by atoms with Gasteiger partial charge in [0.2, 0.25) is 0 Å². The first kappa shape index (κ1) is 12.6. The van der Waals surface area contributed by atoms with Crippen molar-refractivity contribution >= 4 is 6.09 Å². The number of hydrogen-bond acceptors (Lipinski definition) is 4. The topological polar surface area (TPSA) is 59.0 Å². The van der Waals surface area contributed by atoms with Gasteiger partial charge in [-0.05, 0) is 20.8 Å². The van der Waals surface area contributed by atoms with Crippen LogP contribution in [0.5, 0.6) is 0 Å². The van der Waals surface area contributed by atoms with E-state index >= 15 is 0 Å². The fourth-order valence-corrected chi connectivity index (χ4v) is 2.26. The average Bonchev–Trinajstić information content (AvgIpc) is 2.67. The zero-order chi connectivity index (χ0) is 12.8. The molecular formula is C11H18FNO4. The van der Waals surface area contributed by atoms with Crippen LogP contribution < -0.4 is 0 Å². The minimum absolute atomic E-state index is 0.0645. The standard InChI is InChI=1S/C11H18FNO4/c1-11(2,3)17-10(15)13-4-6(12)9-8(13)7(14)5-16-9/h6-9,14H,4-5H2,1-3H3/t6-,7-,8+,9+/m0/s1. The summed E-state index contributed by atoms with van der Waals surface area (Å²) >= 11 is 0. The van der Waals surface area contributed by atoms with Gasteiger partial charge in [0.05, 0.1) is 19.2 Å². The summed E-state index contributed by atoms with van der Waals surface area (Å²) in [5.41, 5.74) is -0.634. The maximum absolute atomic E-state index is 13.6. The molecule has 6 heteroatoms. The number of ether oxygens (including phenoxy) is 2. The molecule has 98 valence electrons. The lowest BCUT2D eigenvalue weighted by Crippen LogP contribution is -2.46. The van der Waals surface area contributed by atoms with Crippen LogP contribution >= 0.6 is 0 Å². The zero-order valence-corrected chi connectivity index (χ0v) is 10.2. The SMILES string of the molecule is CC(C)(C)OC(=O)N1C[C@H](F)[C@H]2OC[C@H](O)[C@H]21. The van der Waals surface area contributed by atoms with Gasteiger partial charge in [0.25, 0.3) is 0 Å². The predicted octanol–water partition coefficient (Wildman–Crippen LogP) is 0.704. The zero-order valence-electron chi connectivity index (χ0n) is 10.2. The van der Waals surface area contributed by atoms with Crippen molar-refractivity contribution in [2.45, 2.75) is 50.8 Å². The van der Waals surface area contributed by atoms with Gasteiger partial charge in [-0.25, -0.2) is 9.18 Å². The van der Waals surface area contributed by atoms with Gasteiger partial charge in [0.15, 0.2) is 0 Å². The second kappa shape index (κ2) is 4.10. The van der Waals surface area contributed by atoms with Crippen molar-refractivity contribution in [3.63, 3.8) is 0 Å². The summed E-state index contributed by atoms with van der Waals surface area (Å²) < 4.78 is 23.9. The van der Waals surface area contributed by atoms with Crippen LogP contribution in [0.1, 0.15) is 20.8 Å². The van der Waals surface area contributed by atoms with Crippen LogP contribution in [0, 0.1) is 0 Å². The number of likely N-dealkylation sites (tertiary alicyclic amines) is 1. The van der Waals surface area contributed by atoms with E-state index in [1.807, 2.05) is 0 Å². The van der Waals surface area contributed by atoms with Gasteiger partial charge < -0.3 is 14.6 Å². The normalized spacial score (nSPS) is 37.1. The maximum Gasteiger partial charge on any atom is 0.410 e. The third-order valence-corrected chi connectivity index (χ3v) is 2.91. The lowest BCUT2D eigenvalue weighted by atomic mass is 10.1. The molecule has 0 aromatic heterocycles. The minimum Gasteiger partial charge on any atom is -0.444 e. The van der Waals surface area contributed by atoms with E-state index in [2.05, 4.69) is 0 Å². The number of carbonyl (C=O) groups is 1. The molecule has 0 aliphatic carbocycles. The summed E-state index contributed by atoms with van der Waals surface area (Å²) in [7, 11) is 0. The molecule has 1 amide bonds. The highest BCUT2D eigenvalue weighted by molar-refractivity contribution is 5.69. The first-order valence-corrected chi connectivity index (χ1v) is 5.73. The molecule has 0 aromatic rings. The van der Waals surface area contributed by atoms with E-state index in [9.17, 15) is 14.3 Å². The molecule has 2 aliphatic heterocycles. The molecule has 17 heavy (non-hydrogen) atoms. The van der Waals surface area contributed by atoms with Gasteiger partial charge in [-0.15, -0.1) is 0 Å². The van der Waals surface area contributed by atoms with E-state index in [1.165, 1.54) is 4.90 Å². The molecule has 0 radical (unpaired) electrons. The summed E-state index contributed by atoms with van der Waals surface area (Å²) in [5.74, 6) is 0. The Morgan fingerprint density at radius 1 is 1.53 bits per heavy atom. The number of hydrogen-bond donors (Lipinski definition) is 1. The van der Waals surface area contributed by atoms with Crippen LogP contribution in [-0.2, 0) is 9.47 Å². The van der Waals surface area contributed by atoms with E-state index in [4.69, 9.17) is 9.47 Å². The van der Waals surface area contributed by atoms with Crippen molar-refractivity contribution in [2.75, 3.05) is 13.2 Å². The number of halogens is 1. The smallest absolute Gasteiger partial charge is 0.410 e. The molecule has 2 fully saturated rings. The number of rotatable bonds is 0. The number of alkyl halides is 1. The van der Waals surface area contributed by atoms with Gasteiger partial charge in [-0.3, -0.25) is 4.90 Å². The molecule has 0 bridgehead atoms. The van der Waals surface area contributed by atoms with Crippen LogP contribution in [0.15, 0.2) is 0 Å². The highest BCUT2D eigenvalue weighted by Crippen LogP contribution is 2.32. The second-order valence-electron chi connectivity index (χ2n) is 5.50. The Labute approximate surface area is 99.5 Å². The molecule has 0 spiro atoms. The highest BCUT2D eigenvalue weighted by atomic mass is 19.1. The fourth-order valence-electron chi connectivity index (χ4n) is 2.26. The van der Waals surface area contributed by atoms with Gasteiger partial charge in [0.1, 0.15) is 24.0 Å². The van der Waals surface area contributed by atoms with Crippen LogP contribution in [0.3, 0.4) is 0 Å². The summed E-state index contributed by atoms with van der Waals surface area (Å²) in [6, 6.07) is -0.625. The number of carbonyl (C=O) groups excluding carboxylic acids is 1.